The summed E-state index contributed by atoms with van der Waals surface area (Å²) >= 11 is 1.82. The highest BCUT2D eigenvalue weighted by Crippen LogP contribution is 2.29. The van der Waals surface area contributed by atoms with E-state index in [2.05, 4.69) is 31.0 Å². The second-order valence-corrected chi connectivity index (χ2v) is 6.68. The fourth-order valence-corrected chi connectivity index (χ4v) is 3.35. The highest BCUT2D eigenvalue weighted by atomic mass is 32.1. The van der Waals surface area contributed by atoms with Gasteiger partial charge in [-0.05, 0) is 25.8 Å². The average molecular weight is 283 g/mol. The van der Waals surface area contributed by atoms with Gasteiger partial charge >= 0.3 is 0 Å². The Balaban J connectivity index is 1.93. The summed E-state index contributed by atoms with van der Waals surface area (Å²) < 4.78 is 5.41. The van der Waals surface area contributed by atoms with Crippen molar-refractivity contribution in [1.29, 1.82) is 0 Å². The van der Waals surface area contributed by atoms with Crippen LogP contribution in [0.15, 0.2) is 0 Å². The number of hydrogen-bond acceptors (Lipinski definition) is 5. The van der Waals surface area contributed by atoms with Crippen molar-refractivity contribution in [3.05, 3.63) is 10.6 Å². The summed E-state index contributed by atoms with van der Waals surface area (Å²) in [5.41, 5.74) is 1.16. The molecule has 0 amide bonds. The standard InChI is InChI=1S/C14H25N3OS/c1-10(2)7-15-8-13-11(3)16-14(19-13)17-6-5-12(9-17)18-4/h10,12,15H,5-9H2,1-4H3. The first-order valence-electron chi connectivity index (χ1n) is 7.05. The molecule has 2 heterocycles. The molecular formula is C14H25N3OS. The molecule has 1 aliphatic heterocycles. The first kappa shape index (κ1) is 14.8. The zero-order chi connectivity index (χ0) is 13.8. The van der Waals surface area contributed by atoms with E-state index in [4.69, 9.17) is 9.72 Å². The van der Waals surface area contributed by atoms with Gasteiger partial charge in [0.25, 0.3) is 0 Å². The number of nitrogens with one attached hydrogen (secondary N) is 1. The Morgan fingerprint density at radius 1 is 1.53 bits per heavy atom. The number of hydrogen-bond donors (Lipinski definition) is 1. The summed E-state index contributed by atoms with van der Waals surface area (Å²) in [6, 6.07) is 0. The summed E-state index contributed by atoms with van der Waals surface area (Å²) in [4.78, 5) is 8.41. The summed E-state index contributed by atoms with van der Waals surface area (Å²) in [7, 11) is 1.79. The van der Waals surface area contributed by atoms with Crippen molar-refractivity contribution in [2.75, 3.05) is 31.6 Å². The van der Waals surface area contributed by atoms with Crippen LogP contribution in [0.25, 0.3) is 0 Å². The molecule has 19 heavy (non-hydrogen) atoms. The Hall–Kier alpha value is -0.650. The molecule has 1 saturated heterocycles. The van der Waals surface area contributed by atoms with Crippen molar-refractivity contribution < 1.29 is 4.74 Å². The maximum atomic E-state index is 5.41. The number of ether oxygens (including phenoxy) is 1. The van der Waals surface area contributed by atoms with Crippen molar-refractivity contribution in [2.45, 2.75) is 39.8 Å². The molecular weight excluding hydrogens is 258 g/mol. The van der Waals surface area contributed by atoms with E-state index in [1.165, 1.54) is 4.88 Å². The van der Waals surface area contributed by atoms with E-state index in [9.17, 15) is 0 Å². The lowest BCUT2D eigenvalue weighted by Gasteiger charge is -2.13. The van der Waals surface area contributed by atoms with E-state index in [1.54, 1.807) is 7.11 Å². The van der Waals surface area contributed by atoms with Gasteiger partial charge < -0.3 is 15.0 Å². The zero-order valence-corrected chi connectivity index (χ0v) is 13.2. The lowest BCUT2D eigenvalue weighted by atomic mass is 10.2. The highest BCUT2D eigenvalue weighted by molar-refractivity contribution is 7.15. The van der Waals surface area contributed by atoms with Crippen molar-refractivity contribution >= 4 is 16.5 Å². The van der Waals surface area contributed by atoms with Crippen LogP contribution < -0.4 is 10.2 Å². The molecule has 5 heteroatoms. The normalized spacial score (nSPS) is 19.6. The molecule has 0 saturated carbocycles. The van der Waals surface area contributed by atoms with Gasteiger partial charge in [0.2, 0.25) is 0 Å². The van der Waals surface area contributed by atoms with Crippen LogP contribution in [-0.2, 0) is 11.3 Å². The molecule has 1 aromatic heterocycles. The summed E-state index contributed by atoms with van der Waals surface area (Å²) in [6.45, 7) is 10.6. The lowest BCUT2D eigenvalue weighted by molar-refractivity contribution is 0.121. The van der Waals surface area contributed by atoms with Crippen molar-refractivity contribution in [3.8, 4) is 0 Å². The molecule has 108 valence electrons. The van der Waals surface area contributed by atoms with Crippen LogP contribution in [-0.4, -0.2) is 37.8 Å². The molecule has 0 radical (unpaired) electrons. The highest BCUT2D eigenvalue weighted by Gasteiger charge is 2.24. The van der Waals surface area contributed by atoms with Crippen LogP contribution in [0.4, 0.5) is 5.13 Å². The third-order valence-corrected chi connectivity index (χ3v) is 4.69. The molecule has 1 aliphatic rings. The Morgan fingerprint density at radius 3 is 2.95 bits per heavy atom. The molecule has 1 atom stereocenters. The largest absolute Gasteiger partial charge is 0.380 e. The lowest BCUT2D eigenvalue weighted by Crippen LogP contribution is -2.21. The van der Waals surface area contributed by atoms with E-state index in [1.807, 2.05) is 11.3 Å². The Bertz CT molecular complexity index is 405. The number of anilines is 1. The van der Waals surface area contributed by atoms with Gasteiger partial charge in [-0.1, -0.05) is 13.8 Å². The minimum atomic E-state index is 0.367. The molecule has 1 unspecified atom stereocenters. The van der Waals surface area contributed by atoms with Crippen LogP contribution in [0.1, 0.15) is 30.8 Å². The predicted octanol–water partition coefficient (Wildman–Crippen LogP) is 2.42. The third kappa shape index (κ3) is 3.91. The number of nitrogens with zero attached hydrogens (tertiary/aromatic N) is 2. The monoisotopic (exact) mass is 283 g/mol. The van der Waals surface area contributed by atoms with E-state index in [0.717, 1.165) is 43.4 Å². The smallest absolute Gasteiger partial charge is 0.185 e. The second-order valence-electron chi connectivity index (χ2n) is 5.62. The first-order valence-corrected chi connectivity index (χ1v) is 7.86. The van der Waals surface area contributed by atoms with Gasteiger partial charge in [0, 0.05) is 31.6 Å². The summed E-state index contributed by atoms with van der Waals surface area (Å²) in [5, 5.41) is 4.64. The van der Waals surface area contributed by atoms with Crippen LogP contribution >= 0.6 is 11.3 Å². The minimum Gasteiger partial charge on any atom is -0.380 e. The van der Waals surface area contributed by atoms with Gasteiger partial charge in [0.15, 0.2) is 5.13 Å². The van der Waals surface area contributed by atoms with Gasteiger partial charge in [-0.15, -0.1) is 11.3 Å². The van der Waals surface area contributed by atoms with Gasteiger partial charge in [-0.2, -0.15) is 0 Å². The van der Waals surface area contributed by atoms with Crippen LogP contribution in [0.5, 0.6) is 0 Å². The van der Waals surface area contributed by atoms with Crippen molar-refractivity contribution in [2.24, 2.45) is 5.92 Å². The quantitative estimate of drug-likeness (QED) is 0.870. The van der Waals surface area contributed by atoms with E-state index >= 15 is 0 Å². The van der Waals surface area contributed by atoms with Crippen LogP contribution in [0.2, 0.25) is 0 Å². The Morgan fingerprint density at radius 2 is 2.32 bits per heavy atom. The van der Waals surface area contributed by atoms with Gasteiger partial charge in [0.1, 0.15) is 0 Å². The van der Waals surface area contributed by atoms with Crippen molar-refractivity contribution in [1.82, 2.24) is 10.3 Å². The number of rotatable bonds is 6. The van der Waals surface area contributed by atoms with E-state index < -0.39 is 0 Å². The molecule has 1 N–H and O–H groups in total. The maximum Gasteiger partial charge on any atom is 0.185 e. The molecule has 2 rings (SSSR count). The molecule has 1 aromatic rings. The third-order valence-electron chi connectivity index (χ3n) is 3.47. The Labute approximate surface area is 120 Å². The number of aryl methyl sites for hydroxylation is 1. The average Bonchev–Trinajstić information content (AvgIpc) is 2.96. The first-order chi connectivity index (χ1) is 9.10. The summed E-state index contributed by atoms with van der Waals surface area (Å²) in [6.07, 6.45) is 1.47. The number of aromatic nitrogens is 1. The minimum absolute atomic E-state index is 0.367. The fourth-order valence-electron chi connectivity index (χ4n) is 2.28. The van der Waals surface area contributed by atoms with Crippen LogP contribution in [0.3, 0.4) is 0 Å². The predicted molar refractivity (Wildman–Crippen MR) is 81.0 cm³/mol. The van der Waals surface area contributed by atoms with Gasteiger partial charge in [-0.3, -0.25) is 0 Å². The maximum absolute atomic E-state index is 5.41. The van der Waals surface area contributed by atoms with Gasteiger partial charge in [0.05, 0.1) is 11.8 Å². The van der Waals surface area contributed by atoms with E-state index in [0.29, 0.717) is 12.0 Å². The Kier molecular flexibility index (Phi) is 5.19. The molecule has 4 nitrogen and oxygen atoms in total. The van der Waals surface area contributed by atoms with Crippen molar-refractivity contribution in [3.63, 3.8) is 0 Å². The molecule has 0 bridgehead atoms. The number of methoxy groups -OCH3 is 1. The molecule has 0 spiro atoms. The summed E-state index contributed by atoms with van der Waals surface area (Å²) in [5.74, 6) is 0.689. The topological polar surface area (TPSA) is 37.4 Å². The molecule has 1 fully saturated rings. The molecule has 0 aliphatic carbocycles. The molecule has 0 aromatic carbocycles. The second kappa shape index (κ2) is 6.68. The van der Waals surface area contributed by atoms with E-state index in [-0.39, 0.29) is 0 Å². The fraction of sp³-hybridized carbons (Fsp3) is 0.786. The zero-order valence-electron chi connectivity index (χ0n) is 12.4. The SMILES string of the molecule is COC1CCN(c2nc(C)c(CNCC(C)C)s2)C1. The van der Waals surface area contributed by atoms with Crippen LogP contribution in [0, 0.1) is 12.8 Å². The van der Waals surface area contributed by atoms with Gasteiger partial charge in [-0.25, -0.2) is 4.98 Å². The number of thiazole rings is 1.